The van der Waals surface area contributed by atoms with Crippen LogP contribution in [0, 0.1) is 0 Å². The smallest absolute Gasteiger partial charge is 0.317 e. The van der Waals surface area contributed by atoms with Crippen molar-refractivity contribution in [1.82, 2.24) is 9.80 Å². The molecule has 1 heterocycles. The van der Waals surface area contributed by atoms with E-state index >= 15 is 0 Å². The molecule has 1 N–H and O–H groups in total. The van der Waals surface area contributed by atoms with Gasteiger partial charge < -0.3 is 14.7 Å². The normalized spacial score (nSPS) is 18.4. The van der Waals surface area contributed by atoms with Crippen LogP contribution in [0.1, 0.15) is 26.2 Å². The molecule has 18 heavy (non-hydrogen) atoms. The predicted octanol–water partition coefficient (Wildman–Crippen LogP) is 0.894. The molecule has 0 spiro atoms. The minimum Gasteiger partial charge on any atom is -0.480 e. The van der Waals surface area contributed by atoms with E-state index in [1.165, 1.54) is 6.42 Å². The number of carbonyl (C=O) groups is 1. The summed E-state index contributed by atoms with van der Waals surface area (Å²) < 4.78 is 5.06. The highest BCUT2D eigenvalue weighted by molar-refractivity contribution is 5.69. The van der Waals surface area contributed by atoms with Crippen molar-refractivity contribution < 1.29 is 14.6 Å². The molecule has 0 aromatic rings. The zero-order valence-electron chi connectivity index (χ0n) is 11.6. The zero-order valence-corrected chi connectivity index (χ0v) is 11.6. The Morgan fingerprint density at radius 2 is 2.11 bits per heavy atom. The molecule has 1 fully saturated rings. The molecule has 0 bridgehead atoms. The Hall–Kier alpha value is -0.650. The van der Waals surface area contributed by atoms with Crippen molar-refractivity contribution in [3.63, 3.8) is 0 Å². The van der Waals surface area contributed by atoms with Gasteiger partial charge in [0.1, 0.15) is 0 Å². The number of aliphatic carboxylic acids is 1. The van der Waals surface area contributed by atoms with Crippen LogP contribution < -0.4 is 0 Å². The van der Waals surface area contributed by atoms with Crippen LogP contribution in [0.4, 0.5) is 0 Å². The summed E-state index contributed by atoms with van der Waals surface area (Å²) in [7, 11) is 1.66. The van der Waals surface area contributed by atoms with Crippen molar-refractivity contribution in [2.45, 2.75) is 32.2 Å². The average molecular weight is 258 g/mol. The topological polar surface area (TPSA) is 53.0 Å². The maximum atomic E-state index is 10.9. The second-order valence-corrected chi connectivity index (χ2v) is 4.93. The van der Waals surface area contributed by atoms with Crippen molar-refractivity contribution in [2.75, 3.05) is 46.4 Å². The Balaban J connectivity index is 2.40. The fourth-order valence-corrected chi connectivity index (χ4v) is 2.60. The zero-order chi connectivity index (χ0) is 13.4. The summed E-state index contributed by atoms with van der Waals surface area (Å²) in [5.41, 5.74) is 0. The molecule has 1 aliphatic rings. The first kappa shape index (κ1) is 15.4. The minimum absolute atomic E-state index is 0.127. The lowest BCUT2D eigenvalue weighted by atomic mass is 10.0. The lowest BCUT2D eigenvalue weighted by Crippen LogP contribution is -2.47. The van der Waals surface area contributed by atoms with Gasteiger partial charge in [0.15, 0.2) is 0 Å². The van der Waals surface area contributed by atoms with E-state index in [4.69, 9.17) is 9.84 Å². The van der Waals surface area contributed by atoms with Gasteiger partial charge in [0.05, 0.1) is 13.2 Å². The third-order valence-corrected chi connectivity index (χ3v) is 3.53. The van der Waals surface area contributed by atoms with Crippen molar-refractivity contribution in [1.29, 1.82) is 0 Å². The van der Waals surface area contributed by atoms with Gasteiger partial charge in [-0.05, 0) is 38.9 Å². The number of carboxylic acid groups (broad SMARTS) is 1. The van der Waals surface area contributed by atoms with E-state index in [1.54, 1.807) is 7.11 Å². The van der Waals surface area contributed by atoms with Crippen LogP contribution in [0.15, 0.2) is 0 Å². The third kappa shape index (κ3) is 5.33. The van der Waals surface area contributed by atoms with Gasteiger partial charge in [0.25, 0.3) is 0 Å². The summed E-state index contributed by atoms with van der Waals surface area (Å²) in [6, 6.07) is 0.393. The third-order valence-electron chi connectivity index (χ3n) is 3.53. The Labute approximate surface area is 110 Å². The first-order valence-corrected chi connectivity index (χ1v) is 6.84. The van der Waals surface area contributed by atoms with Crippen LogP contribution in [-0.2, 0) is 9.53 Å². The molecule has 0 aromatic heterocycles. The molecular formula is C13H26N2O3. The first-order valence-electron chi connectivity index (χ1n) is 6.84. The van der Waals surface area contributed by atoms with Gasteiger partial charge in [0, 0.05) is 19.7 Å². The molecule has 1 rings (SSSR count). The summed E-state index contributed by atoms with van der Waals surface area (Å²) in [4.78, 5) is 15.4. The molecular weight excluding hydrogens is 232 g/mol. The van der Waals surface area contributed by atoms with Crippen LogP contribution in [0.25, 0.3) is 0 Å². The summed E-state index contributed by atoms with van der Waals surface area (Å²) >= 11 is 0. The molecule has 0 aliphatic carbocycles. The van der Waals surface area contributed by atoms with Gasteiger partial charge in [-0.15, -0.1) is 0 Å². The number of ether oxygens (including phenoxy) is 1. The molecule has 0 radical (unpaired) electrons. The molecule has 5 heteroatoms. The number of hydrogen-bond acceptors (Lipinski definition) is 4. The number of hydrogen-bond donors (Lipinski definition) is 1. The number of nitrogens with zero attached hydrogens (tertiary/aromatic N) is 2. The molecule has 0 amide bonds. The van der Waals surface area contributed by atoms with Crippen LogP contribution in [0.3, 0.4) is 0 Å². The molecule has 1 saturated heterocycles. The Bertz CT molecular complexity index is 240. The van der Waals surface area contributed by atoms with Crippen molar-refractivity contribution in [3.8, 4) is 0 Å². The highest BCUT2D eigenvalue weighted by Gasteiger charge is 2.25. The SMILES string of the molecule is CCCN1CCC(N(CCOC)CC(=O)O)CC1. The quantitative estimate of drug-likeness (QED) is 0.701. The minimum atomic E-state index is -0.748. The van der Waals surface area contributed by atoms with Crippen molar-refractivity contribution in [3.05, 3.63) is 0 Å². The molecule has 0 atom stereocenters. The fourth-order valence-electron chi connectivity index (χ4n) is 2.60. The predicted molar refractivity (Wildman–Crippen MR) is 70.8 cm³/mol. The Morgan fingerprint density at radius 3 is 2.61 bits per heavy atom. The van der Waals surface area contributed by atoms with Crippen LogP contribution in [0.5, 0.6) is 0 Å². The van der Waals surface area contributed by atoms with E-state index in [0.29, 0.717) is 19.2 Å². The number of methoxy groups -OCH3 is 1. The molecule has 5 nitrogen and oxygen atoms in total. The van der Waals surface area contributed by atoms with Gasteiger partial charge in [0.2, 0.25) is 0 Å². The molecule has 0 unspecified atom stereocenters. The van der Waals surface area contributed by atoms with Gasteiger partial charge in [-0.3, -0.25) is 9.69 Å². The Morgan fingerprint density at radius 1 is 1.44 bits per heavy atom. The van der Waals surface area contributed by atoms with Crippen molar-refractivity contribution >= 4 is 5.97 Å². The number of piperidine rings is 1. The standard InChI is InChI=1S/C13H26N2O3/c1-3-6-14-7-4-12(5-8-14)15(9-10-18-2)11-13(16)17/h12H,3-11H2,1-2H3,(H,16,17). The molecule has 0 aromatic carbocycles. The van der Waals surface area contributed by atoms with E-state index in [9.17, 15) is 4.79 Å². The van der Waals surface area contributed by atoms with Crippen LogP contribution >= 0.6 is 0 Å². The van der Waals surface area contributed by atoms with E-state index in [2.05, 4.69) is 16.7 Å². The largest absolute Gasteiger partial charge is 0.480 e. The van der Waals surface area contributed by atoms with E-state index in [-0.39, 0.29) is 6.54 Å². The summed E-state index contributed by atoms with van der Waals surface area (Å²) in [5.74, 6) is -0.748. The van der Waals surface area contributed by atoms with Gasteiger partial charge >= 0.3 is 5.97 Å². The second-order valence-electron chi connectivity index (χ2n) is 4.93. The highest BCUT2D eigenvalue weighted by atomic mass is 16.5. The van der Waals surface area contributed by atoms with E-state index in [1.807, 2.05) is 0 Å². The Kier molecular flexibility index (Phi) is 7.23. The first-order chi connectivity index (χ1) is 8.67. The van der Waals surface area contributed by atoms with Gasteiger partial charge in [-0.2, -0.15) is 0 Å². The second kappa shape index (κ2) is 8.45. The highest BCUT2D eigenvalue weighted by Crippen LogP contribution is 2.16. The average Bonchev–Trinajstić information content (AvgIpc) is 2.35. The monoisotopic (exact) mass is 258 g/mol. The summed E-state index contributed by atoms with van der Waals surface area (Å²) in [6.07, 6.45) is 3.32. The molecule has 1 aliphatic heterocycles. The van der Waals surface area contributed by atoms with E-state index < -0.39 is 5.97 Å². The van der Waals surface area contributed by atoms with Crippen LogP contribution in [-0.4, -0.2) is 73.4 Å². The van der Waals surface area contributed by atoms with Gasteiger partial charge in [-0.1, -0.05) is 6.92 Å². The van der Waals surface area contributed by atoms with Crippen molar-refractivity contribution in [2.24, 2.45) is 0 Å². The summed E-state index contributed by atoms with van der Waals surface area (Å²) in [5, 5.41) is 8.96. The fraction of sp³-hybridized carbons (Fsp3) is 0.923. The summed E-state index contributed by atoms with van der Waals surface area (Å²) in [6.45, 7) is 6.96. The molecule has 0 saturated carbocycles. The number of carboxylic acids is 1. The maximum absolute atomic E-state index is 10.9. The van der Waals surface area contributed by atoms with E-state index in [0.717, 1.165) is 32.5 Å². The lowest BCUT2D eigenvalue weighted by molar-refractivity contribution is -0.139. The van der Waals surface area contributed by atoms with Crippen LogP contribution in [0.2, 0.25) is 0 Å². The number of rotatable bonds is 8. The van der Waals surface area contributed by atoms with Gasteiger partial charge in [-0.25, -0.2) is 0 Å². The maximum Gasteiger partial charge on any atom is 0.317 e. The molecule has 106 valence electrons. The number of likely N-dealkylation sites (tertiary alicyclic amines) is 1. The lowest BCUT2D eigenvalue weighted by Gasteiger charge is -2.37.